The van der Waals surface area contributed by atoms with Crippen molar-refractivity contribution in [2.24, 2.45) is 0 Å². The molecule has 5 rings (SSSR count). The fourth-order valence-corrected chi connectivity index (χ4v) is 5.09. The van der Waals surface area contributed by atoms with Crippen LogP contribution in [0, 0.1) is 0 Å². The number of aliphatic hydroxyl groups excluding tert-OH is 2. The molecule has 0 aromatic carbocycles. The molecule has 0 saturated carbocycles. The smallest absolute Gasteiger partial charge is 0.227 e. The van der Waals surface area contributed by atoms with Gasteiger partial charge in [0, 0.05) is 56.9 Å². The van der Waals surface area contributed by atoms with E-state index in [9.17, 15) is 10.2 Å². The second kappa shape index (κ2) is 10.3. The number of rotatable bonds is 7. The molecule has 12 nitrogen and oxygen atoms in total. The maximum absolute atomic E-state index is 10.5. The molecule has 0 bridgehead atoms. The van der Waals surface area contributed by atoms with Gasteiger partial charge in [0.2, 0.25) is 11.8 Å². The number of morpholine rings is 2. The lowest BCUT2D eigenvalue weighted by molar-refractivity contribution is -0.0448. The van der Waals surface area contributed by atoms with E-state index >= 15 is 0 Å². The molecule has 3 saturated heterocycles. The van der Waals surface area contributed by atoms with E-state index in [1.165, 1.54) is 0 Å². The largest absolute Gasteiger partial charge is 0.480 e. The average Bonchev–Trinajstić information content (AvgIpc) is 3.36. The monoisotopic (exact) mass is 478 g/mol. The van der Waals surface area contributed by atoms with Gasteiger partial charge in [0.05, 0.1) is 51.6 Å². The van der Waals surface area contributed by atoms with Crippen LogP contribution in [0.4, 0.5) is 5.95 Å². The number of nitrogen functional groups attached to an aromatic ring is 1. The van der Waals surface area contributed by atoms with E-state index in [-0.39, 0.29) is 12.6 Å². The molecule has 0 amide bonds. The summed E-state index contributed by atoms with van der Waals surface area (Å²) >= 11 is 0. The quantitative estimate of drug-likeness (QED) is 0.466. The van der Waals surface area contributed by atoms with E-state index in [2.05, 4.69) is 19.8 Å². The number of nitrogens with two attached hydrogens (primary N) is 1. The van der Waals surface area contributed by atoms with Gasteiger partial charge in [0.25, 0.3) is 0 Å². The number of anilines is 1. The fourth-order valence-electron chi connectivity index (χ4n) is 5.09. The fraction of sp³-hybridized carbons (Fsp3) is 0.727. The lowest BCUT2D eigenvalue weighted by Gasteiger charge is -2.30. The van der Waals surface area contributed by atoms with Gasteiger partial charge in [-0.3, -0.25) is 9.80 Å². The minimum atomic E-state index is -0.771. The van der Waals surface area contributed by atoms with Gasteiger partial charge >= 0.3 is 0 Å². The number of hydrogen-bond donors (Lipinski definition) is 3. The Morgan fingerprint density at radius 1 is 1.03 bits per heavy atom. The SMILES string of the molecule is COc1nc(N)nc2c1c(CN1CCOCC1)c(CN1CCOCC1)n2[C@H]1C[C@H](O)[C@@H](CO)O1. The van der Waals surface area contributed by atoms with Gasteiger partial charge in [0.15, 0.2) is 5.65 Å². The highest BCUT2D eigenvalue weighted by atomic mass is 16.5. The summed E-state index contributed by atoms with van der Waals surface area (Å²) in [6, 6.07) is 0. The zero-order valence-corrected chi connectivity index (χ0v) is 19.6. The van der Waals surface area contributed by atoms with Gasteiger partial charge in [-0.25, -0.2) is 0 Å². The zero-order valence-electron chi connectivity index (χ0n) is 19.6. The first kappa shape index (κ1) is 23.7. The first-order valence-corrected chi connectivity index (χ1v) is 11.9. The molecule has 2 aromatic rings. The Morgan fingerprint density at radius 2 is 1.68 bits per heavy atom. The van der Waals surface area contributed by atoms with Crippen LogP contribution in [-0.2, 0) is 27.3 Å². The number of methoxy groups -OCH3 is 1. The minimum Gasteiger partial charge on any atom is -0.480 e. The number of aliphatic hydroxyl groups is 2. The van der Waals surface area contributed by atoms with Crippen molar-refractivity contribution in [1.29, 1.82) is 0 Å². The molecule has 12 heteroatoms. The van der Waals surface area contributed by atoms with Crippen molar-refractivity contribution in [3.63, 3.8) is 0 Å². The van der Waals surface area contributed by atoms with Gasteiger partial charge < -0.3 is 39.5 Å². The molecule has 4 N–H and O–H groups in total. The highest BCUT2D eigenvalue weighted by molar-refractivity contribution is 5.88. The minimum absolute atomic E-state index is 0.108. The summed E-state index contributed by atoms with van der Waals surface area (Å²) in [7, 11) is 1.58. The maximum Gasteiger partial charge on any atom is 0.227 e. The standard InChI is InChI=1S/C22H34N6O6/c1-31-21-19-14(11-26-2-6-32-7-3-26)15(12-27-4-8-33-9-5-27)28(20(19)24-22(23)25-21)18-10-16(30)17(13-29)34-18/h16-18,29-30H,2-13H2,1H3,(H2,23,24,25)/t16-,17+,18+/m0/s1. The molecular formula is C22H34N6O6. The van der Waals surface area contributed by atoms with Crippen LogP contribution < -0.4 is 10.5 Å². The van der Waals surface area contributed by atoms with Gasteiger partial charge in [0.1, 0.15) is 12.3 Å². The van der Waals surface area contributed by atoms with Crippen molar-refractivity contribution in [3.8, 4) is 5.88 Å². The Morgan fingerprint density at radius 3 is 2.26 bits per heavy atom. The number of fused-ring (bicyclic) bond motifs is 1. The van der Waals surface area contributed by atoms with Gasteiger partial charge in [-0.05, 0) is 0 Å². The topological polar surface area (TPSA) is 141 Å². The predicted octanol–water partition coefficient (Wildman–Crippen LogP) is -0.673. The van der Waals surface area contributed by atoms with Crippen molar-refractivity contribution < 1.29 is 29.2 Å². The average molecular weight is 479 g/mol. The molecule has 0 aliphatic carbocycles. The third-order valence-corrected chi connectivity index (χ3v) is 6.87. The summed E-state index contributed by atoms with van der Waals surface area (Å²) in [5.41, 5.74) is 8.78. The van der Waals surface area contributed by atoms with Crippen LogP contribution in [0.2, 0.25) is 0 Å². The number of ether oxygens (including phenoxy) is 4. The number of nitrogens with zero attached hydrogens (tertiary/aromatic N) is 5. The third-order valence-electron chi connectivity index (χ3n) is 6.87. The van der Waals surface area contributed by atoms with Gasteiger partial charge in [-0.1, -0.05) is 0 Å². The normalized spacial score (nSPS) is 27.0. The molecule has 3 atom stereocenters. The second-order valence-electron chi connectivity index (χ2n) is 8.98. The maximum atomic E-state index is 10.5. The highest BCUT2D eigenvalue weighted by Gasteiger charge is 2.38. The molecule has 5 heterocycles. The van der Waals surface area contributed by atoms with E-state index in [0.717, 1.165) is 42.8 Å². The van der Waals surface area contributed by atoms with Crippen molar-refractivity contribution in [2.75, 3.05) is 72.1 Å². The molecule has 34 heavy (non-hydrogen) atoms. The summed E-state index contributed by atoms with van der Waals surface area (Å²) < 4.78 is 24.9. The van der Waals surface area contributed by atoms with Crippen molar-refractivity contribution in [3.05, 3.63) is 11.3 Å². The van der Waals surface area contributed by atoms with Crippen LogP contribution in [0.5, 0.6) is 5.88 Å². The van der Waals surface area contributed by atoms with Crippen LogP contribution in [0.25, 0.3) is 11.0 Å². The van der Waals surface area contributed by atoms with Crippen LogP contribution in [0.15, 0.2) is 0 Å². The molecule has 0 unspecified atom stereocenters. The Hall–Kier alpha value is -2.06. The van der Waals surface area contributed by atoms with Crippen LogP contribution >= 0.6 is 0 Å². The molecule has 0 radical (unpaired) electrons. The van der Waals surface area contributed by atoms with E-state index in [1.807, 2.05) is 4.57 Å². The van der Waals surface area contributed by atoms with Crippen molar-refractivity contribution >= 4 is 17.0 Å². The molecule has 0 spiro atoms. The Labute approximate surface area is 198 Å². The molecule has 3 fully saturated rings. The third kappa shape index (κ3) is 4.59. The molecule has 3 aliphatic heterocycles. The van der Waals surface area contributed by atoms with Crippen molar-refractivity contribution in [1.82, 2.24) is 24.3 Å². The zero-order chi connectivity index (χ0) is 23.7. The lowest BCUT2D eigenvalue weighted by Crippen LogP contribution is -2.38. The van der Waals surface area contributed by atoms with E-state index in [4.69, 9.17) is 24.7 Å². The van der Waals surface area contributed by atoms with E-state index in [1.54, 1.807) is 7.11 Å². The van der Waals surface area contributed by atoms with E-state index in [0.29, 0.717) is 57.5 Å². The molecule has 3 aliphatic rings. The van der Waals surface area contributed by atoms with Crippen LogP contribution in [0.1, 0.15) is 23.9 Å². The summed E-state index contributed by atoms with van der Waals surface area (Å²) in [5.74, 6) is 0.529. The van der Waals surface area contributed by atoms with Crippen LogP contribution in [-0.4, -0.2) is 113 Å². The van der Waals surface area contributed by atoms with E-state index < -0.39 is 18.4 Å². The number of hydrogen-bond acceptors (Lipinski definition) is 11. The Balaban J connectivity index is 1.66. The Bertz CT molecular complexity index is 990. The molecule has 188 valence electrons. The van der Waals surface area contributed by atoms with Crippen molar-refractivity contribution in [2.45, 2.75) is 37.9 Å². The number of aromatic nitrogens is 3. The first-order valence-electron chi connectivity index (χ1n) is 11.9. The predicted molar refractivity (Wildman–Crippen MR) is 122 cm³/mol. The molecule has 2 aromatic heterocycles. The Kier molecular flexibility index (Phi) is 7.16. The molecular weight excluding hydrogens is 444 g/mol. The lowest BCUT2D eigenvalue weighted by atomic mass is 10.1. The summed E-state index contributed by atoms with van der Waals surface area (Å²) in [6.45, 7) is 7.10. The van der Waals surface area contributed by atoms with Gasteiger partial charge in [-0.15, -0.1) is 0 Å². The van der Waals surface area contributed by atoms with Gasteiger partial charge in [-0.2, -0.15) is 9.97 Å². The second-order valence-corrected chi connectivity index (χ2v) is 8.98. The first-order chi connectivity index (χ1) is 16.6. The summed E-state index contributed by atoms with van der Waals surface area (Å²) in [6.07, 6.45) is -1.58. The van der Waals surface area contributed by atoms with Crippen LogP contribution in [0.3, 0.4) is 0 Å². The highest BCUT2D eigenvalue weighted by Crippen LogP contribution is 2.40. The summed E-state index contributed by atoms with van der Waals surface area (Å²) in [5, 5.41) is 21.0. The summed E-state index contributed by atoms with van der Waals surface area (Å²) in [4.78, 5) is 13.7.